The first-order valence-electron chi connectivity index (χ1n) is 3.68. The average Bonchev–Trinajstić information content (AvgIpc) is 2.49. The van der Waals surface area contributed by atoms with Crippen LogP contribution in [0.2, 0.25) is 5.28 Å². The molecule has 0 aliphatic heterocycles. The van der Waals surface area contributed by atoms with Gasteiger partial charge in [-0.3, -0.25) is 5.01 Å². The van der Waals surface area contributed by atoms with Gasteiger partial charge in [0.2, 0.25) is 5.28 Å². The fourth-order valence-corrected chi connectivity index (χ4v) is 1.31. The zero-order valence-corrected chi connectivity index (χ0v) is 7.73. The van der Waals surface area contributed by atoms with Crippen molar-refractivity contribution < 1.29 is 0 Å². The Bertz CT molecular complexity index is 435. The Balaban J connectivity index is 2.77. The number of hydrogen-bond acceptors (Lipinski definition) is 4. The molecule has 0 spiro atoms. The van der Waals surface area contributed by atoms with Crippen LogP contribution < -0.4 is 10.9 Å². The molecule has 2 heterocycles. The Kier molecular flexibility index (Phi) is 1.82. The van der Waals surface area contributed by atoms with E-state index in [1.54, 1.807) is 17.8 Å². The van der Waals surface area contributed by atoms with E-state index in [9.17, 15) is 0 Å². The third-order valence-electron chi connectivity index (χ3n) is 1.68. The predicted molar refractivity (Wildman–Crippen MR) is 50.6 cm³/mol. The highest BCUT2D eigenvalue weighted by Crippen LogP contribution is 2.17. The van der Waals surface area contributed by atoms with Crippen LogP contribution in [-0.4, -0.2) is 21.6 Å². The number of fused-ring (bicyclic) bond motifs is 1. The normalized spacial score (nSPS) is 10.7. The van der Waals surface area contributed by atoms with Gasteiger partial charge in [-0.2, -0.15) is 4.98 Å². The second kappa shape index (κ2) is 2.86. The van der Waals surface area contributed by atoms with Crippen molar-refractivity contribution in [3.8, 4) is 0 Å². The number of nitrogens with two attached hydrogens (primary N) is 1. The van der Waals surface area contributed by atoms with Gasteiger partial charge in [0, 0.05) is 13.2 Å². The molecule has 6 heteroatoms. The van der Waals surface area contributed by atoms with Crippen LogP contribution in [0.15, 0.2) is 18.3 Å². The fourth-order valence-electron chi connectivity index (χ4n) is 1.15. The van der Waals surface area contributed by atoms with E-state index < -0.39 is 0 Å². The Morgan fingerprint density at radius 1 is 1.62 bits per heavy atom. The van der Waals surface area contributed by atoms with E-state index in [1.165, 1.54) is 5.01 Å². The molecule has 0 radical (unpaired) electrons. The average molecular weight is 198 g/mol. The summed E-state index contributed by atoms with van der Waals surface area (Å²) in [6.07, 6.45) is 1.79. The van der Waals surface area contributed by atoms with E-state index in [2.05, 4.69) is 10.1 Å². The van der Waals surface area contributed by atoms with Crippen molar-refractivity contribution in [3.63, 3.8) is 0 Å². The molecule has 2 N–H and O–H groups in total. The van der Waals surface area contributed by atoms with E-state index >= 15 is 0 Å². The summed E-state index contributed by atoms with van der Waals surface area (Å²) >= 11 is 5.70. The Hall–Kier alpha value is -1.33. The molecular formula is C7H8ClN5. The number of nitrogens with zero attached hydrogens (tertiary/aromatic N) is 4. The fraction of sp³-hybridized carbons (Fsp3) is 0.143. The maximum atomic E-state index is 5.70. The number of anilines is 1. The van der Waals surface area contributed by atoms with E-state index in [0.717, 1.165) is 5.52 Å². The smallest absolute Gasteiger partial charge is 0.243 e. The van der Waals surface area contributed by atoms with Gasteiger partial charge in [0.15, 0.2) is 5.82 Å². The first-order chi connectivity index (χ1) is 6.18. The molecule has 0 saturated carbocycles. The number of hydrazine groups is 1. The first kappa shape index (κ1) is 8.28. The molecule has 0 bridgehead atoms. The molecule has 0 saturated heterocycles. The largest absolute Gasteiger partial charge is 0.296 e. The van der Waals surface area contributed by atoms with Crippen molar-refractivity contribution in [2.24, 2.45) is 5.84 Å². The van der Waals surface area contributed by atoms with Crippen LogP contribution in [0.25, 0.3) is 5.52 Å². The monoisotopic (exact) mass is 197 g/mol. The van der Waals surface area contributed by atoms with Gasteiger partial charge in [-0.05, 0) is 23.7 Å². The van der Waals surface area contributed by atoms with Gasteiger partial charge in [-0.25, -0.2) is 10.4 Å². The van der Waals surface area contributed by atoms with Crippen LogP contribution in [0, 0.1) is 0 Å². The number of hydrogen-bond donors (Lipinski definition) is 1. The minimum absolute atomic E-state index is 0.177. The van der Waals surface area contributed by atoms with Crippen molar-refractivity contribution >= 4 is 22.9 Å². The molecule has 0 aliphatic carbocycles. The summed E-state index contributed by atoms with van der Waals surface area (Å²) < 4.78 is 1.63. The van der Waals surface area contributed by atoms with Gasteiger partial charge >= 0.3 is 0 Å². The number of aromatic nitrogens is 3. The molecule has 0 aliphatic rings. The molecule has 2 rings (SSSR count). The van der Waals surface area contributed by atoms with Crippen molar-refractivity contribution in [1.82, 2.24) is 14.6 Å². The SMILES string of the molecule is CN(N)c1nc(Cl)nn2cccc12. The molecule has 5 nitrogen and oxygen atoms in total. The van der Waals surface area contributed by atoms with Crippen molar-refractivity contribution in [2.45, 2.75) is 0 Å². The van der Waals surface area contributed by atoms with Crippen LogP contribution >= 0.6 is 11.6 Å². The minimum Gasteiger partial charge on any atom is -0.296 e. The molecule has 0 unspecified atom stereocenters. The minimum atomic E-state index is 0.177. The van der Waals surface area contributed by atoms with Crippen LogP contribution in [0.1, 0.15) is 0 Å². The highest BCUT2D eigenvalue weighted by Gasteiger charge is 2.07. The van der Waals surface area contributed by atoms with Gasteiger partial charge in [0.05, 0.1) is 0 Å². The molecule has 0 fully saturated rings. The first-order valence-corrected chi connectivity index (χ1v) is 4.05. The van der Waals surface area contributed by atoms with Crippen LogP contribution in [0.4, 0.5) is 5.82 Å². The maximum Gasteiger partial charge on any atom is 0.243 e. The third kappa shape index (κ3) is 1.32. The highest BCUT2D eigenvalue weighted by atomic mass is 35.5. The van der Waals surface area contributed by atoms with Crippen molar-refractivity contribution in [3.05, 3.63) is 23.6 Å². The standard InChI is InChI=1S/C7H8ClN5/c1-12(9)6-5-3-2-4-13(5)11-7(8)10-6/h2-4H,9H2,1H3. The maximum absolute atomic E-state index is 5.70. The van der Waals surface area contributed by atoms with E-state index in [4.69, 9.17) is 17.4 Å². The number of halogens is 1. The van der Waals surface area contributed by atoms with Crippen molar-refractivity contribution in [1.29, 1.82) is 0 Å². The van der Waals surface area contributed by atoms with Gasteiger partial charge in [-0.1, -0.05) is 0 Å². The Morgan fingerprint density at radius 2 is 2.38 bits per heavy atom. The zero-order valence-electron chi connectivity index (χ0n) is 6.98. The lowest BCUT2D eigenvalue weighted by Crippen LogP contribution is -2.27. The zero-order chi connectivity index (χ0) is 9.42. The summed E-state index contributed by atoms with van der Waals surface area (Å²) in [5.41, 5.74) is 0.828. The summed E-state index contributed by atoms with van der Waals surface area (Å²) in [7, 11) is 1.70. The van der Waals surface area contributed by atoms with Gasteiger partial charge in [-0.15, -0.1) is 5.10 Å². The summed E-state index contributed by atoms with van der Waals surface area (Å²) in [6, 6.07) is 3.72. The summed E-state index contributed by atoms with van der Waals surface area (Å²) in [5, 5.41) is 5.55. The molecular weight excluding hydrogens is 190 g/mol. The van der Waals surface area contributed by atoms with Gasteiger partial charge in [0.1, 0.15) is 5.52 Å². The molecule has 0 aromatic carbocycles. The van der Waals surface area contributed by atoms with Crippen LogP contribution in [0.3, 0.4) is 0 Å². The summed E-state index contributed by atoms with van der Waals surface area (Å²) in [5.74, 6) is 6.18. The lowest BCUT2D eigenvalue weighted by Gasteiger charge is -2.11. The van der Waals surface area contributed by atoms with Gasteiger partial charge in [0.25, 0.3) is 0 Å². The number of rotatable bonds is 1. The molecule has 2 aromatic heterocycles. The topological polar surface area (TPSA) is 59.5 Å². The molecule has 2 aromatic rings. The van der Waals surface area contributed by atoms with Gasteiger partial charge < -0.3 is 0 Å². The lowest BCUT2D eigenvalue weighted by molar-refractivity contribution is 0.875. The third-order valence-corrected chi connectivity index (χ3v) is 1.84. The van der Waals surface area contributed by atoms with Crippen molar-refractivity contribution in [2.75, 3.05) is 12.1 Å². The van der Waals surface area contributed by atoms with E-state index in [-0.39, 0.29) is 5.28 Å². The van der Waals surface area contributed by atoms with E-state index in [1.807, 2.05) is 12.1 Å². The summed E-state index contributed by atoms with van der Waals surface area (Å²) in [6.45, 7) is 0. The lowest BCUT2D eigenvalue weighted by atomic mass is 10.5. The second-order valence-electron chi connectivity index (χ2n) is 2.65. The van der Waals surface area contributed by atoms with E-state index in [0.29, 0.717) is 5.82 Å². The molecule has 0 atom stereocenters. The molecule has 0 amide bonds. The van der Waals surface area contributed by atoms with Crippen LogP contribution in [0.5, 0.6) is 0 Å². The highest BCUT2D eigenvalue weighted by molar-refractivity contribution is 6.28. The summed E-state index contributed by atoms with van der Waals surface area (Å²) in [4.78, 5) is 4.01. The predicted octanol–water partition coefficient (Wildman–Crippen LogP) is 0.693. The Labute approximate surface area is 79.7 Å². The second-order valence-corrected chi connectivity index (χ2v) is 2.99. The quantitative estimate of drug-likeness (QED) is 0.540. The molecule has 68 valence electrons. The Morgan fingerprint density at radius 3 is 3.08 bits per heavy atom. The van der Waals surface area contributed by atoms with Crippen LogP contribution in [-0.2, 0) is 0 Å². The molecule has 13 heavy (non-hydrogen) atoms.